The summed E-state index contributed by atoms with van der Waals surface area (Å²) in [5.41, 5.74) is -1.10. The molecule has 0 aromatic rings. The Labute approximate surface area is 139 Å². The Morgan fingerprint density at radius 3 is 2.61 bits per heavy atom. The maximum Gasteiger partial charge on any atom is 0.159 e. The maximum absolute atomic E-state index is 12.2. The quantitative estimate of drug-likeness (QED) is 0.790. The number of methoxy groups -OCH3 is 1. The molecule has 0 spiro atoms. The molecule has 4 aliphatic rings. The molecule has 3 saturated carbocycles. The molecule has 0 saturated heterocycles. The standard InChI is InChI=1S/C20H28O3/c1-6-8-13-9-14-10-16(18(14,3)4)20(13,22)17-11-15(21)12-19(17,7-2)23-5/h6-7,11,13-14,16,22H,1-2,8-10,12H2,3-5H3/t13-,14+,16-,19+,20-/m1/s1. The van der Waals surface area contributed by atoms with Gasteiger partial charge in [-0.1, -0.05) is 32.6 Å². The van der Waals surface area contributed by atoms with E-state index in [0.29, 0.717) is 5.92 Å². The zero-order valence-corrected chi connectivity index (χ0v) is 14.5. The Morgan fingerprint density at radius 1 is 1.39 bits per heavy atom. The number of fused-ring (bicyclic) bond motifs is 2. The summed E-state index contributed by atoms with van der Waals surface area (Å²) in [7, 11) is 1.59. The normalized spacial score (nSPS) is 44.4. The molecule has 4 aliphatic carbocycles. The van der Waals surface area contributed by atoms with E-state index in [1.807, 2.05) is 6.08 Å². The number of hydrogen-bond acceptors (Lipinski definition) is 3. The first-order chi connectivity index (χ1) is 10.8. The summed E-state index contributed by atoms with van der Waals surface area (Å²) in [6.07, 6.45) is 8.16. The summed E-state index contributed by atoms with van der Waals surface area (Å²) < 4.78 is 5.72. The largest absolute Gasteiger partial charge is 0.385 e. The Hall–Kier alpha value is -1.19. The lowest BCUT2D eigenvalue weighted by Crippen LogP contribution is -2.67. The highest BCUT2D eigenvalue weighted by Crippen LogP contribution is 2.68. The molecular weight excluding hydrogens is 288 g/mol. The second-order valence-corrected chi connectivity index (χ2v) is 8.09. The minimum absolute atomic E-state index is 0.00628. The van der Waals surface area contributed by atoms with Crippen LogP contribution in [0, 0.1) is 23.2 Å². The average Bonchev–Trinajstić information content (AvgIpc) is 2.87. The van der Waals surface area contributed by atoms with Crippen LogP contribution in [0.4, 0.5) is 0 Å². The minimum atomic E-state index is -1.02. The van der Waals surface area contributed by atoms with Crippen LogP contribution in [-0.4, -0.2) is 29.2 Å². The molecule has 2 bridgehead atoms. The highest BCUT2D eigenvalue weighted by molar-refractivity contribution is 5.96. The van der Waals surface area contributed by atoms with Gasteiger partial charge in [0.2, 0.25) is 0 Å². The van der Waals surface area contributed by atoms with E-state index in [9.17, 15) is 9.90 Å². The minimum Gasteiger partial charge on any atom is -0.385 e. The molecule has 5 atom stereocenters. The third-order valence-electron chi connectivity index (χ3n) is 6.97. The lowest BCUT2D eigenvalue weighted by Gasteiger charge is -2.67. The number of carbonyl (C=O) groups excluding carboxylic acids is 1. The SMILES string of the molecule is C=CC[C@@H]1C[C@H]2C[C@H](C2(C)C)[C@@]1(O)C1=CC(=O)C[C@]1(C=C)OC. The predicted molar refractivity (Wildman–Crippen MR) is 90.9 cm³/mol. The van der Waals surface area contributed by atoms with Gasteiger partial charge in [0.15, 0.2) is 5.78 Å². The topological polar surface area (TPSA) is 46.5 Å². The summed E-state index contributed by atoms with van der Waals surface area (Å²) in [4.78, 5) is 12.2. The van der Waals surface area contributed by atoms with Crippen LogP contribution < -0.4 is 0 Å². The molecule has 0 amide bonds. The third-order valence-corrected chi connectivity index (χ3v) is 6.97. The second kappa shape index (κ2) is 5.15. The van der Waals surface area contributed by atoms with Gasteiger partial charge in [0.05, 0.1) is 5.60 Å². The van der Waals surface area contributed by atoms with Gasteiger partial charge < -0.3 is 9.84 Å². The highest BCUT2D eigenvalue weighted by Gasteiger charge is 2.68. The number of allylic oxidation sites excluding steroid dienone is 2. The molecule has 126 valence electrons. The fourth-order valence-electron chi connectivity index (χ4n) is 5.45. The Bertz CT molecular complexity index is 588. The van der Waals surface area contributed by atoms with Crippen molar-refractivity contribution in [3.8, 4) is 0 Å². The molecule has 3 heteroatoms. The number of carbonyl (C=O) groups is 1. The number of hydrogen-bond donors (Lipinski definition) is 1. The van der Waals surface area contributed by atoms with Crippen molar-refractivity contribution in [1.82, 2.24) is 0 Å². The molecule has 0 heterocycles. The van der Waals surface area contributed by atoms with Crippen LogP contribution in [-0.2, 0) is 9.53 Å². The Balaban J connectivity index is 2.12. The molecule has 0 aromatic carbocycles. The molecule has 0 aliphatic heterocycles. The van der Waals surface area contributed by atoms with Gasteiger partial charge in [0, 0.05) is 19.1 Å². The van der Waals surface area contributed by atoms with Crippen molar-refractivity contribution >= 4 is 5.78 Å². The number of rotatable bonds is 5. The number of ketones is 1. The monoisotopic (exact) mass is 316 g/mol. The summed E-state index contributed by atoms with van der Waals surface area (Å²) in [6.45, 7) is 12.2. The Morgan fingerprint density at radius 2 is 2.09 bits per heavy atom. The van der Waals surface area contributed by atoms with E-state index in [-0.39, 0.29) is 29.5 Å². The first kappa shape index (κ1) is 16.7. The molecule has 23 heavy (non-hydrogen) atoms. The summed E-state index contributed by atoms with van der Waals surface area (Å²) >= 11 is 0. The van der Waals surface area contributed by atoms with E-state index in [1.165, 1.54) is 0 Å². The van der Waals surface area contributed by atoms with E-state index < -0.39 is 11.2 Å². The van der Waals surface area contributed by atoms with Crippen molar-refractivity contribution in [3.05, 3.63) is 37.0 Å². The van der Waals surface area contributed by atoms with Gasteiger partial charge in [-0.15, -0.1) is 6.58 Å². The number of ether oxygens (including phenoxy) is 1. The summed E-state index contributed by atoms with van der Waals surface area (Å²) in [6, 6.07) is 0. The van der Waals surface area contributed by atoms with Gasteiger partial charge in [-0.25, -0.2) is 0 Å². The fraction of sp³-hybridized carbons (Fsp3) is 0.650. The van der Waals surface area contributed by atoms with E-state index in [0.717, 1.165) is 24.8 Å². The molecule has 0 unspecified atom stereocenters. The van der Waals surface area contributed by atoms with Gasteiger partial charge in [-0.3, -0.25) is 4.79 Å². The van der Waals surface area contributed by atoms with Crippen LogP contribution in [0.1, 0.15) is 39.5 Å². The highest BCUT2D eigenvalue weighted by atomic mass is 16.5. The average molecular weight is 316 g/mol. The van der Waals surface area contributed by atoms with Crippen molar-refractivity contribution in [2.75, 3.05) is 7.11 Å². The summed E-state index contributed by atoms with van der Waals surface area (Å²) in [5, 5.41) is 11.9. The van der Waals surface area contributed by atoms with Crippen molar-refractivity contribution in [3.63, 3.8) is 0 Å². The lowest BCUT2D eigenvalue weighted by atomic mass is 9.39. The smallest absolute Gasteiger partial charge is 0.159 e. The van der Waals surface area contributed by atoms with Crippen LogP contribution in [0.25, 0.3) is 0 Å². The summed E-state index contributed by atoms with van der Waals surface area (Å²) in [5.74, 6) is 0.872. The zero-order valence-electron chi connectivity index (χ0n) is 14.5. The molecule has 3 nitrogen and oxygen atoms in total. The second-order valence-electron chi connectivity index (χ2n) is 8.09. The zero-order chi connectivity index (χ0) is 17.0. The fourth-order valence-corrected chi connectivity index (χ4v) is 5.45. The van der Waals surface area contributed by atoms with Crippen molar-refractivity contribution in [2.45, 2.75) is 50.7 Å². The molecule has 0 radical (unpaired) electrons. The van der Waals surface area contributed by atoms with Crippen LogP contribution >= 0.6 is 0 Å². The Kier molecular flexibility index (Phi) is 3.73. The van der Waals surface area contributed by atoms with Gasteiger partial charge in [-0.05, 0) is 48.5 Å². The van der Waals surface area contributed by atoms with Gasteiger partial charge in [0.25, 0.3) is 0 Å². The molecular formula is C20H28O3. The first-order valence-electron chi connectivity index (χ1n) is 8.53. The van der Waals surface area contributed by atoms with Gasteiger partial charge in [-0.2, -0.15) is 0 Å². The van der Waals surface area contributed by atoms with Crippen LogP contribution in [0.3, 0.4) is 0 Å². The lowest BCUT2D eigenvalue weighted by molar-refractivity contribution is -0.221. The molecule has 4 rings (SSSR count). The van der Waals surface area contributed by atoms with E-state index in [2.05, 4.69) is 27.0 Å². The molecule has 1 N–H and O–H groups in total. The first-order valence-corrected chi connectivity index (χ1v) is 8.53. The van der Waals surface area contributed by atoms with E-state index in [4.69, 9.17) is 4.74 Å². The van der Waals surface area contributed by atoms with Crippen LogP contribution in [0.5, 0.6) is 0 Å². The predicted octanol–water partition coefficient (Wildman–Crippen LogP) is 3.45. The third kappa shape index (κ3) is 1.99. The van der Waals surface area contributed by atoms with Crippen LogP contribution in [0.15, 0.2) is 37.0 Å². The van der Waals surface area contributed by atoms with Crippen molar-refractivity contribution in [2.24, 2.45) is 23.2 Å². The number of aliphatic hydroxyl groups is 1. The van der Waals surface area contributed by atoms with Crippen molar-refractivity contribution in [1.29, 1.82) is 0 Å². The van der Waals surface area contributed by atoms with Gasteiger partial charge in [0.1, 0.15) is 5.60 Å². The van der Waals surface area contributed by atoms with Crippen molar-refractivity contribution < 1.29 is 14.6 Å². The molecule has 0 aromatic heterocycles. The molecule has 3 fully saturated rings. The maximum atomic E-state index is 12.2. The van der Waals surface area contributed by atoms with Crippen LogP contribution in [0.2, 0.25) is 0 Å². The van der Waals surface area contributed by atoms with E-state index >= 15 is 0 Å². The van der Waals surface area contributed by atoms with E-state index in [1.54, 1.807) is 19.3 Å². The van der Waals surface area contributed by atoms with Gasteiger partial charge >= 0.3 is 0 Å².